The number of Topliss-reactive ketones (excluding diaryl/α,β-unsaturated/α-hetero) is 1. The number of aliphatic hydroxyl groups excluding tert-OH is 3. The number of phenolic OH excluding ortho intramolecular Hbond substituents is 2. The van der Waals surface area contributed by atoms with E-state index in [1.54, 1.807) is 46.0 Å². The van der Waals surface area contributed by atoms with Crippen LogP contribution in [0.1, 0.15) is 136 Å². The first-order valence-corrected chi connectivity index (χ1v) is 35.4. The van der Waals surface area contributed by atoms with Crippen molar-refractivity contribution < 1.29 is 121 Å². The number of carbonyl (C=O) groups is 8. The lowest BCUT2D eigenvalue weighted by molar-refractivity contribution is -0.281. The Balaban J connectivity index is 0.000000184. The Bertz CT molecular complexity index is 4050. The molecule has 13 rings (SSSR count). The number of nitrogens with one attached hydrogen (secondary N) is 3. The van der Waals surface area contributed by atoms with Gasteiger partial charge in [-0.2, -0.15) is 0 Å². The Morgan fingerprint density at radius 3 is 1.93 bits per heavy atom. The van der Waals surface area contributed by atoms with Crippen molar-refractivity contribution in [1.29, 1.82) is 0 Å². The fraction of sp³-hybridized carbons (Fsp3) is 0.493. The van der Waals surface area contributed by atoms with Crippen molar-refractivity contribution in [2.45, 2.75) is 126 Å². The minimum absolute atomic E-state index is 0.0367. The van der Waals surface area contributed by atoms with E-state index >= 15 is 0 Å². The molecule has 12 atom stereocenters. The summed E-state index contributed by atoms with van der Waals surface area (Å²) in [7, 11) is 7.62. The van der Waals surface area contributed by atoms with Gasteiger partial charge in [0.15, 0.2) is 47.1 Å². The number of fused-ring (bicyclic) bond motifs is 5. The minimum Gasteiger partial charge on any atom is -0.507 e. The number of carboxylic acid groups (broad SMARTS) is 1. The van der Waals surface area contributed by atoms with E-state index in [9.17, 15) is 74.1 Å². The average molecular weight is 1520 g/mol. The molecule has 4 amide bonds. The molecular weight excluding hydrogens is 1430 g/mol. The summed E-state index contributed by atoms with van der Waals surface area (Å²) in [5.41, 5.74) is 8.29. The second-order valence-electron chi connectivity index (χ2n) is 27.3. The van der Waals surface area contributed by atoms with Gasteiger partial charge in [0.25, 0.3) is 0 Å². The Labute approximate surface area is 628 Å². The Morgan fingerprint density at radius 2 is 1.39 bits per heavy atom. The topological polar surface area (TPSA) is 494 Å². The van der Waals surface area contributed by atoms with Gasteiger partial charge in [0.1, 0.15) is 35.6 Å². The third-order valence-corrected chi connectivity index (χ3v) is 19.8. The van der Waals surface area contributed by atoms with Gasteiger partial charge in [0, 0.05) is 99.8 Å². The molecule has 3 aliphatic carbocycles. The molecule has 5 aromatic carbocycles. The molecule has 0 radical (unpaired) electrons. The van der Waals surface area contributed by atoms with Gasteiger partial charge < -0.3 is 88.8 Å². The molecule has 0 bridgehead atoms. The maximum atomic E-state index is 13.8. The molecule has 16 N–H and O–H groups in total. The Morgan fingerprint density at radius 1 is 0.780 bits per heavy atom. The number of nitrogens with two attached hydrogens (primary N) is 3. The van der Waals surface area contributed by atoms with Crippen molar-refractivity contribution in [3.63, 3.8) is 0 Å². The van der Waals surface area contributed by atoms with E-state index < -0.39 is 138 Å². The number of rotatable bonds is 19. The molecule has 4 fully saturated rings. The van der Waals surface area contributed by atoms with Gasteiger partial charge in [-0.1, -0.05) is 49.4 Å². The second-order valence-corrected chi connectivity index (χ2v) is 27.3. The first-order valence-electron chi connectivity index (χ1n) is 35.4. The predicted molar refractivity (Wildman–Crippen MR) is 385 cm³/mol. The van der Waals surface area contributed by atoms with E-state index in [4.69, 9.17) is 64.8 Å². The largest absolute Gasteiger partial charge is 0.507 e. The predicted octanol–water partition coefficient (Wildman–Crippen LogP) is 1.23. The van der Waals surface area contributed by atoms with Gasteiger partial charge in [-0.05, 0) is 85.7 Å². The Kier molecular flexibility index (Phi) is 28.7. The minimum atomic E-state index is -2.24. The van der Waals surface area contributed by atoms with Crippen molar-refractivity contribution in [1.82, 2.24) is 30.9 Å². The van der Waals surface area contributed by atoms with E-state index in [2.05, 4.69) is 28.2 Å². The summed E-state index contributed by atoms with van der Waals surface area (Å²) in [6, 6.07) is 20.6. The summed E-state index contributed by atoms with van der Waals surface area (Å²) in [6.07, 6.45) is -3.22. The maximum absolute atomic E-state index is 13.8. The van der Waals surface area contributed by atoms with E-state index in [0.29, 0.717) is 58.6 Å². The molecular formula is C75H97N9O25. The Hall–Kier alpha value is -9.34. The quantitative estimate of drug-likeness (QED) is 0.0235. The van der Waals surface area contributed by atoms with Crippen LogP contribution in [0.15, 0.2) is 72.8 Å². The number of hydrogen-bond acceptors (Lipinski definition) is 31. The van der Waals surface area contributed by atoms with E-state index in [0.717, 1.165) is 32.4 Å². The number of phenols is 2. The number of carbonyl (C=O) groups excluding carboxylic acids is 7. The van der Waals surface area contributed by atoms with Crippen LogP contribution in [-0.2, 0) is 60.7 Å². The summed E-state index contributed by atoms with van der Waals surface area (Å²) in [5, 5.41) is 81.4. The van der Waals surface area contributed by atoms with Crippen molar-refractivity contribution in [2.75, 3.05) is 101 Å². The molecule has 5 aliphatic heterocycles. The molecule has 0 saturated carbocycles. The van der Waals surface area contributed by atoms with Gasteiger partial charge in [0.05, 0.1) is 95.5 Å². The number of ether oxygens (including phenoxy) is 10. The lowest BCUT2D eigenvalue weighted by Crippen LogP contribution is -2.58. The number of amides is 4. The number of aliphatic hydroxyl groups is 4. The van der Waals surface area contributed by atoms with Gasteiger partial charge in [-0.3, -0.25) is 75.9 Å². The number of methoxy groups -OCH3 is 4. The zero-order chi connectivity index (χ0) is 79.3. The molecule has 34 heteroatoms. The van der Waals surface area contributed by atoms with E-state index in [1.807, 2.05) is 39.1 Å². The third-order valence-electron chi connectivity index (χ3n) is 19.8. The normalized spacial score (nSPS) is 25.0. The first kappa shape index (κ1) is 83.7. The molecule has 5 aromatic rings. The van der Waals surface area contributed by atoms with Crippen LogP contribution in [0.5, 0.6) is 46.0 Å². The van der Waals surface area contributed by atoms with Crippen LogP contribution in [0.2, 0.25) is 0 Å². The number of imide groups is 2. The highest BCUT2D eigenvalue weighted by Crippen LogP contribution is 2.55. The average Bonchev–Trinajstić information content (AvgIpc) is 0.868. The van der Waals surface area contributed by atoms with Crippen molar-refractivity contribution in [3.8, 4) is 46.0 Å². The number of aliphatic carboxylic acids is 1. The molecule has 0 aromatic heterocycles. The zero-order valence-electron chi connectivity index (χ0n) is 61.9. The number of carboxylic acids is 1. The van der Waals surface area contributed by atoms with Crippen LogP contribution in [-0.4, -0.2) is 241 Å². The van der Waals surface area contributed by atoms with Crippen molar-refractivity contribution in [3.05, 3.63) is 128 Å². The summed E-state index contributed by atoms with van der Waals surface area (Å²) >= 11 is 0. The van der Waals surface area contributed by atoms with Crippen molar-refractivity contribution >= 4 is 46.9 Å². The van der Waals surface area contributed by atoms with Crippen LogP contribution in [0, 0.1) is 11.8 Å². The molecule has 5 heterocycles. The first-order chi connectivity index (χ1) is 52.1. The fourth-order valence-corrected chi connectivity index (χ4v) is 14.7. The lowest BCUT2D eigenvalue weighted by Gasteiger charge is -2.43. The smallest absolute Gasteiger partial charge is 0.307 e. The number of hydrogen-bond donors (Lipinski definition) is 13. The molecule has 109 heavy (non-hydrogen) atoms. The number of hydrazine groups is 2. The second kappa shape index (κ2) is 37.4. The van der Waals surface area contributed by atoms with Gasteiger partial charge in [0.2, 0.25) is 42.0 Å². The number of ketones is 3. The summed E-state index contributed by atoms with van der Waals surface area (Å²) in [6.45, 7) is 7.42. The van der Waals surface area contributed by atoms with Crippen LogP contribution < -0.4 is 61.9 Å². The van der Waals surface area contributed by atoms with E-state index in [-0.39, 0.29) is 97.1 Å². The lowest BCUT2D eigenvalue weighted by atomic mass is 9.65. The molecule has 34 nitrogen and oxygen atoms in total. The number of nitrogens with zero attached hydrogens (tertiary/aromatic N) is 3. The third kappa shape index (κ3) is 19.1. The standard InChI is InChI=1S/C32H37NO12.C22H24O9.C11H16N4O4.C8H12N2.C2H8N2/c1-14-31(45-21-8-3-4-9-42-21)17(33)10-22(43-14)44-19-12-32(40,20(35)13-34)11-16-24(19)30(39)26-25(28(16)37)27(36)15-6-5-7-18(41-2)23(15)29(26)38;1-27-16-4-10(5-17(28-2)21(16)29-3)18-11-6-14-15(31-9-30-14)7-12(11)20(24)13(8-23)19(18)22(25)26;1-7(15-5-10(18)13-11(19)6-15)2-14-3-8(16)12-9(17)4-14;1-10(9)7-8-5-3-2-4-6-8;1-2-4-3/h5-7,14,17,19,21-22,31,34,37,39-40H,3-4,8-13,33H2,1-2H3;4-7,13,18-20,23-24H,8-9H2,1-3H3,(H,25,26);7H,2-6H2,1H3,(H,12,16,17)(H,13,18,19);2-6H,7,9H2,1H3;4H,2-3H2,1H3/t14-,17-,19?,21+,22-,31+,32-;13-,18+,19-,20-;;;/m00.../s1. The van der Waals surface area contributed by atoms with Gasteiger partial charge in [-0.15, -0.1) is 0 Å². The molecule has 4 saturated heterocycles. The summed E-state index contributed by atoms with van der Waals surface area (Å²) in [4.78, 5) is 101. The highest BCUT2D eigenvalue weighted by Gasteiger charge is 2.52. The van der Waals surface area contributed by atoms with E-state index in [1.165, 1.54) is 52.2 Å². The number of piperazine rings is 2. The molecule has 2 unspecified atom stereocenters. The highest BCUT2D eigenvalue weighted by atomic mass is 16.7. The van der Waals surface area contributed by atoms with Crippen LogP contribution >= 0.6 is 0 Å². The SMILES string of the molecule is CC(CN1CC(=O)NC(=O)C1)N1CC(=O)NC(=O)C1.CCNN.CN(N)Cc1ccccc1.COc1cc([C@@H]2c3cc4c(cc3[C@H](O)[C@@H](CO)[C@@H]2C(=O)O)OCO4)cc(OC)c1OC.COc1cccc2c1C(=O)c1c(O)c3c(c(O)c1C2=O)C[C@@](O)(C(=O)CO)CC3O[C@H]1C[C@H](N)[C@H](O[C@@H]2CCCCO2)[C@H](C)O1. The fourth-order valence-electron chi connectivity index (χ4n) is 14.7. The summed E-state index contributed by atoms with van der Waals surface area (Å²) < 4.78 is 56.7. The number of benzene rings is 5. The van der Waals surface area contributed by atoms with Crippen LogP contribution in [0.4, 0.5) is 0 Å². The van der Waals surface area contributed by atoms with Gasteiger partial charge in [-0.25, -0.2) is 5.01 Å². The molecule has 0 spiro atoms. The monoisotopic (exact) mass is 1520 g/mol. The molecule has 8 aliphatic rings. The number of aromatic hydroxyl groups is 2. The maximum Gasteiger partial charge on any atom is 0.307 e. The zero-order valence-corrected chi connectivity index (χ0v) is 61.9. The van der Waals surface area contributed by atoms with Crippen molar-refractivity contribution in [2.24, 2.45) is 29.3 Å². The molecule has 592 valence electrons. The summed E-state index contributed by atoms with van der Waals surface area (Å²) in [5.74, 6) is 3.40. The van der Waals surface area contributed by atoms with Crippen LogP contribution in [0.3, 0.4) is 0 Å². The highest BCUT2D eigenvalue weighted by molar-refractivity contribution is 6.31. The van der Waals surface area contributed by atoms with Crippen LogP contribution in [0.25, 0.3) is 0 Å². The van der Waals surface area contributed by atoms with Gasteiger partial charge >= 0.3 is 5.97 Å².